The van der Waals surface area contributed by atoms with Crippen molar-refractivity contribution in [2.75, 3.05) is 12.3 Å². The maximum absolute atomic E-state index is 12.7. The largest absolute Gasteiger partial charge is 0.478 e. The molecule has 0 aromatic carbocycles. The second-order valence-corrected chi connectivity index (χ2v) is 9.26. The van der Waals surface area contributed by atoms with Crippen molar-refractivity contribution in [3.63, 3.8) is 0 Å². The fourth-order valence-corrected chi connectivity index (χ4v) is 4.36. The summed E-state index contributed by atoms with van der Waals surface area (Å²) in [4.78, 5) is 55.0. The quantitative estimate of drug-likeness (QED) is 0.170. The van der Waals surface area contributed by atoms with Gasteiger partial charge < -0.3 is 25.9 Å². The van der Waals surface area contributed by atoms with E-state index in [1.54, 1.807) is 0 Å². The van der Waals surface area contributed by atoms with Crippen LogP contribution in [0.4, 0.5) is 5.13 Å². The van der Waals surface area contributed by atoms with Crippen LogP contribution in [0.3, 0.4) is 0 Å². The van der Waals surface area contributed by atoms with E-state index < -0.39 is 48.9 Å². The lowest BCUT2D eigenvalue weighted by atomic mass is 10.0. The number of rotatable bonds is 9. The minimum atomic E-state index is -4.33. The van der Waals surface area contributed by atoms with Gasteiger partial charge in [-0.05, 0) is 27.7 Å². The molecule has 5 N–H and O–H groups in total. The van der Waals surface area contributed by atoms with E-state index in [1.165, 1.54) is 33.1 Å². The van der Waals surface area contributed by atoms with Crippen molar-refractivity contribution in [2.45, 2.75) is 45.4 Å². The third kappa shape index (κ3) is 4.78. The molecule has 1 aromatic rings. The van der Waals surface area contributed by atoms with Crippen molar-refractivity contribution in [3.05, 3.63) is 11.1 Å². The smallest absolute Gasteiger partial charge is 0.435 e. The molecule has 166 valence electrons. The van der Waals surface area contributed by atoms with E-state index in [9.17, 15) is 23.8 Å². The third-order valence-corrected chi connectivity index (χ3v) is 6.45. The Bertz CT molecular complexity index is 932. The van der Waals surface area contributed by atoms with Gasteiger partial charge in [0.15, 0.2) is 10.8 Å². The van der Waals surface area contributed by atoms with E-state index in [4.69, 9.17) is 20.2 Å². The highest BCUT2D eigenvalue weighted by Crippen LogP contribution is 2.52. The molecule has 1 aromatic heterocycles. The number of aromatic nitrogens is 1. The predicted octanol–water partition coefficient (Wildman–Crippen LogP) is 0.162. The van der Waals surface area contributed by atoms with Gasteiger partial charge in [0.25, 0.3) is 11.8 Å². The summed E-state index contributed by atoms with van der Waals surface area (Å²) < 4.78 is 17.5. The highest BCUT2D eigenvalue weighted by molar-refractivity contribution is 7.51. The van der Waals surface area contributed by atoms with Crippen molar-refractivity contribution >= 4 is 47.7 Å². The van der Waals surface area contributed by atoms with E-state index in [0.717, 1.165) is 11.3 Å². The summed E-state index contributed by atoms with van der Waals surface area (Å²) in [5.74, 6) is -3.05. The van der Waals surface area contributed by atoms with Crippen LogP contribution in [0.2, 0.25) is 0 Å². The molecule has 13 nitrogen and oxygen atoms in total. The molecule has 0 saturated carbocycles. The summed E-state index contributed by atoms with van der Waals surface area (Å²) in [6.45, 7) is 5.32. The Balaban J connectivity index is 2.23. The first kappa shape index (κ1) is 23.7. The van der Waals surface area contributed by atoms with Crippen LogP contribution >= 0.6 is 19.1 Å². The van der Waals surface area contributed by atoms with Gasteiger partial charge in [0.1, 0.15) is 11.7 Å². The molecular weight excluding hydrogens is 441 g/mol. The number of hydrogen-bond donors (Lipinski definition) is 4. The number of carbonyl (C=O) groups excluding carboxylic acids is 2. The number of thiazole rings is 1. The lowest BCUT2D eigenvalue weighted by molar-refractivity contribution is -0.161. The molecule has 0 aliphatic carbocycles. The summed E-state index contributed by atoms with van der Waals surface area (Å²) in [5, 5.41) is 16.7. The number of aliphatic carboxylic acids is 1. The normalized spacial score (nSPS) is 21.6. The first-order valence-corrected chi connectivity index (χ1v) is 11.1. The van der Waals surface area contributed by atoms with Crippen molar-refractivity contribution in [1.29, 1.82) is 0 Å². The van der Waals surface area contributed by atoms with Crippen LogP contribution in [0, 0.1) is 0 Å². The third-order valence-electron chi connectivity index (χ3n) is 4.08. The molecule has 15 heteroatoms. The van der Waals surface area contributed by atoms with Crippen LogP contribution in [0.1, 0.15) is 33.4 Å². The van der Waals surface area contributed by atoms with Gasteiger partial charge in [-0.15, -0.1) is 11.3 Å². The number of oxime groups is 1. The molecule has 1 aliphatic heterocycles. The van der Waals surface area contributed by atoms with Crippen molar-refractivity contribution in [3.8, 4) is 0 Å². The van der Waals surface area contributed by atoms with Gasteiger partial charge in [0.05, 0.1) is 12.6 Å². The van der Waals surface area contributed by atoms with Gasteiger partial charge in [-0.1, -0.05) is 5.16 Å². The fraction of sp³-hybridized carbons (Fsp3) is 0.533. The number of amides is 2. The zero-order valence-corrected chi connectivity index (χ0v) is 18.3. The van der Waals surface area contributed by atoms with Crippen molar-refractivity contribution < 1.29 is 38.3 Å². The molecular formula is C15H22N5O8PS. The molecule has 3 atom stereocenters. The Hall–Kier alpha value is -2.54. The molecule has 0 spiro atoms. The van der Waals surface area contributed by atoms with Gasteiger partial charge >= 0.3 is 13.7 Å². The van der Waals surface area contributed by atoms with E-state index in [2.05, 4.69) is 15.5 Å². The number of nitrogens with two attached hydrogens (primary N) is 1. The fourth-order valence-electron chi connectivity index (χ4n) is 2.39. The summed E-state index contributed by atoms with van der Waals surface area (Å²) in [5.41, 5.74) is 3.43. The van der Waals surface area contributed by atoms with Crippen molar-refractivity contribution in [2.24, 2.45) is 5.16 Å². The number of carboxylic acid groups (broad SMARTS) is 1. The van der Waals surface area contributed by atoms with Gasteiger partial charge in [-0.2, -0.15) is 0 Å². The van der Waals surface area contributed by atoms with Gasteiger partial charge in [-0.3, -0.25) is 14.1 Å². The molecule has 2 amide bonds. The highest BCUT2D eigenvalue weighted by Gasteiger charge is 2.54. The van der Waals surface area contributed by atoms with E-state index >= 15 is 0 Å². The average molecular weight is 463 g/mol. The Morgan fingerprint density at radius 2 is 2.13 bits per heavy atom. The van der Waals surface area contributed by atoms with E-state index in [-0.39, 0.29) is 17.4 Å². The number of anilines is 1. The lowest BCUT2D eigenvalue weighted by Gasteiger charge is -2.45. The zero-order valence-electron chi connectivity index (χ0n) is 16.6. The van der Waals surface area contributed by atoms with Crippen molar-refractivity contribution in [1.82, 2.24) is 15.0 Å². The van der Waals surface area contributed by atoms with E-state index in [0.29, 0.717) is 4.67 Å². The lowest BCUT2D eigenvalue weighted by Crippen LogP contribution is -2.68. The topological polar surface area (TPSA) is 194 Å². The monoisotopic (exact) mass is 463 g/mol. The molecule has 0 radical (unpaired) electrons. The number of nitrogens with one attached hydrogen (secondary N) is 1. The van der Waals surface area contributed by atoms with Gasteiger partial charge in [0, 0.05) is 5.38 Å². The Labute approximate surface area is 175 Å². The summed E-state index contributed by atoms with van der Waals surface area (Å²) in [6.07, 6.45) is 0. The van der Waals surface area contributed by atoms with E-state index in [1.807, 2.05) is 0 Å². The maximum Gasteiger partial charge on any atom is 0.435 e. The predicted molar refractivity (Wildman–Crippen MR) is 106 cm³/mol. The SMILES string of the molecule is CCOP(=O)(O)N1C(=O)[C@H](NC(=O)C(=NOC(C)(C)C(=O)O)c2csc(N)n2)[C@H]1C. The molecule has 30 heavy (non-hydrogen) atoms. The van der Waals surface area contributed by atoms with Crippen LogP contribution in [0.15, 0.2) is 10.5 Å². The minimum absolute atomic E-state index is 0.00890. The number of carbonyl (C=O) groups is 3. The molecule has 2 rings (SSSR count). The molecule has 1 saturated heterocycles. The Morgan fingerprint density at radius 1 is 1.50 bits per heavy atom. The maximum atomic E-state index is 12.7. The molecule has 2 heterocycles. The zero-order chi connectivity index (χ0) is 22.9. The summed E-state index contributed by atoms with van der Waals surface area (Å²) in [6, 6.07) is -1.98. The number of nitrogen functional groups attached to an aromatic ring is 1. The Kier molecular flexibility index (Phi) is 6.87. The number of hydrogen-bond acceptors (Lipinski definition) is 10. The van der Waals surface area contributed by atoms with Crippen LogP contribution in [-0.2, 0) is 28.3 Å². The first-order valence-electron chi connectivity index (χ1n) is 8.64. The van der Waals surface area contributed by atoms with Crippen LogP contribution in [-0.4, -0.2) is 67.4 Å². The highest BCUT2D eigenvalue weighted by atomic mass is 32.1. The van der Waals surface area contributed by atoms with Gasteiger partial charge in [-0.25, -0.2) is 19.0 Å². The molecule has 0 bridgehead atoms. The number of nitrogens with zero attached hydrogens (tertiary/aromatic N) is 3. The molecule has 1 fully saturated rings. The average Bonchev–Trinajstić information content (AvgIpc) is 3.05. The van der Waals surface area contributed by atoms with Crippen LogP contribution in [0.5, 0.6) is 0 Å². The Morgan fingerprint density at radius 3 is 2.60 bits per heavy atom. The second-order valence-electron chi connectivity index (χ2n) is 6.70. The van der Waals surface area contributed by atoms with Crippen LogP contribution in [0.25, 0.3) is 0 Å². The molecule has 1 aliphatic rings. The summed E-state index contributed by atoms with van der Waals surface area (Å²) in [7, 11) is -4.33. The minimum Gasteiger partial charge on any atom is -0.478 e. The first-order chi connectivity index (χ1) is 13.8. The number of β-lactam (4-membered cyclic amide) rings is 1. The van der Waals surface area contributed by atoms with Gasteiger partial charge in [0.2, 0.25) is 5.60 Å². The molecule has 1 unspecified atom stereocenters. The standard InChI is InChI=1S/C15H22N5O8PS/c1-5-27-29(25,26)20-7(2)9(12(20)22)18-11(21)10(8-6-30-14(16)17-8)19-28-15(3,4)13(23)24/h6-7,9H,5H2,1-4H3,(H2,16,17)(H,18,21)(H,23,24)(H,25,26)/t7-,9-/m1/s1. The number of carboxylic acids is 1. The second kappa shape index (κ2) is 8.68. The summed E-state index contributed by atoms with van der Waals surface area (Å²) >= 11 is 1.01. The van der Waals surface area contributed by atoms with Crippen LogP contribution < -0.4 is 11.1 Å².